The van der Waals surface area contributed by atoms with Gasteiger partial charge in [0.05, 0.1) is 7.11 Å². The summed E-state index contributed by atoms with van der Waals surface area (Å²) in [6.07, 6.45) is 2.16. The highest BCUT2D eigenvalue weighted by atomic mass is 16.5. The van der Waals surface area contributed by atoms with Gasteiger partial charge in [-0.25, -0.2) is 0 Å². The minimum Gasteiger partial charge on any atom is -0.496 e. The van der Waals surface area contributed by atoms with Crippen molar-refractivity contribution in [2.75, 3.05) is 13.7 Å². The van der Waals surface area contributed by atoms with Crippen LogP contribution in [0.3, 0.4) is 0 Å². The number of hydrogen-bond acceptors (Lipinski definition) is 4. The molecule has 5 heteroatoms. The van der Waals surface area contributed by atoms with Gasteiger partial charge in [-0.3, -0.25) is 4.79 Å². The van der Waals surface area contributed by atoms with Gasteiger partial charge in [-0.1, -0.05) is 48.5 Å². The predicted molar refractivity (Wildman–Crippen MR) is 96.7 cm³/mol. The average Bonchev–Trinajstić information content (AvgIpc) is 2.66. The zero-order valence-electron chi connectivity index (χ0n) is 14.2. The van der Waals surface area contributed by atoms with E-state index in [-0.39, 0.29) is 11.5 Å². The summed E-state index contributed by atoms with van der Waals surface area (Å²) in [5.74, 6) is 0.375. The van der Waals surface area contributed by atoms with Crippen molar-refractivity contribution in [3.05, 3.63) is 77.5 Å². The molecule has 2 aromatic carbocycles. The maximum absolute atomic E-state index is 12.1. The predicted octanol–water partition coefficient (Wildman–Crippen LogP) is 2.55. The van der Waals surface area contributed by atoms with Crippen molar-refractivity contribution < 1.29 is 9.53 Å². The zero-order valence-corrected chi connectivity index (χ0v) is 14.2. The molecule has 2 rings (SSSR count). The van der Waals surface area contributed by atoms with Gasteiger partial charge in [0.1, 0.15) is 17.4 Å². The van der Waals surface area contributed by atoms with Crippen molar-refractivity contribution in [1.29, 1.82) is 5.26 Å². The van der Waals surface area contributed by atoms with Crippen molar-refractivity contribution >= 4 is 5.91 Å². The molecule has 0 radical (unpaired) electrons. The number of amides is 1. The van der Waals surface area contributed by atoms with Gasteiger partial charge in [0.25, 0.3) is 5.91 Å². The lowest BCUT2D eigenvalue weighted by atomic mass is 10.1. The molecule has 0 spiro atoms. The number of nitriles is 1. The minimum atomic E-state index is -0.383. The number of nitrogens with one attached hydrogen (secondary N) is 2. The SMILES string of the molecule is COc1ccccc1CN/C=C(/C#N)C(=O)NCCc1ccccc1. The Hall–Kier alpha value is -3.26. The standard InChI is InChI=1S/C20H21N3O2/c1-25-19-10-6-5-9-17(19)14-22-15-18(13-21)20(24)23-12-11-16-7-3-2-4-8-16/h2-10,15,22H,11-12,14H2,1H3,(H,23,24)/b18-15-. The normalized spacial score (nSPS) is 10.6. The van der Waals surface area contributed by atoms with Crippen LogP contribution < -0.4 is 15.4 Å². The topological polar surface area (TPSA) is 74.1 Å². The van der Waals surface area contributed by atoms with E-state index in [9.17, 15) is 4.79 Å². The molecule has 0 unspecified atom stereocenters. The van der Waals surface area contributed by atoms with Gasteiger partial charge in [0.2, 0.25) is 0 Å². The van der Waals surface area contributed by atoms with E-state index < -0.39 is 0 Å². The van der Waals surface area contributed by atoms with Crippen LogP contribution in [0.4, 0.5) is 0 Å². The molecule has 0 aliphatic carbocycles. The van der Waals surface area contributed by atoms with Gasteiger partial charge in [-0.2, -0.15) is 5.26 Å². The first-order valence-corrected chi connectivity index (χ1v) is 8.02. The summed E-state index contributed by atoms with van der Waals surface area (Å²) < 4.78 is 5.27. The van der Waals surface area contributed by atoms with Gasteiger partial charge in [0.15, 0.2) is 0 Å². The van der Waals surface area contributed by atoms with Gasteiger partial charge in [-0.05, 0) is 18.1 Å². The van der Waals surface area contributed by atoms with Crippen LogP contribution in [0.15, 0.2) is 66.4 Å². The molecule has 0 saturated heterocycles. The lowest BCUT2D eigenvalue weighted by molar-refractivity contribution is -0.117. The Morgan fingerprint density at radius 3 is 2.60 bits per heavy atom. The number of para-hydroxylation sites is 1. The Bertz CT molecular complexity index is 764. The lowest BCUT2D eigenvalue weighted by Gasteiger charge is -2.08. The third-order valence-electron chi connectivity index (χ3n) is 3.64. The van der Waals surface area contributed by atoms with Gasteiger partial charge in [-0.15, -0.1) is 0 Å². The molecule has 2 aromatic rings. The fraction of sp³-hybridized carbons (Fsp3) is 0.200. The molecule has 0 aliphatic rings. The first kappa shape index (κ1) is 18.1. The summed E-state index contributed by atoms with van der Waals surface area (Å²) in [4.78, 5) is 12.1. The van der Waals surface area contributed by atoms with Crippen molar-refractivity contribution in [3.63, 3.8) is 0 Å². The minimum absolute atomic E-state index is 0.0444. The Morgan fingerprint density at radius 1 is 1.16 bits per heavy atom. The molecular formula is C20H21N3O2. The molecule has 25 heavy (non-hydrogen) atoms. The monoisotopic (exact) mass is 335 g/mol. The third kappa shape index (κ3) is 5.70. The maximum Gasteiger partial charge on any atom is 0.263 e. The first-order chi connectivity index (χ1) is 12.2. The van der Waals surface area contributed by atoms with Crippen LogP contribution in [0.5, 0.6) is 5.75 Å². The summed E-state index contributed by atoms with van der Waals surface area (Å²) in [7, 11) is 1.61. The third-order valence-corrected chi connectivity index (χ3v) is 3.64. The summed E-state index contributed by atoms with van der Waals surface area (Å²) in [6.45, 7) is 0.945. The fourth-order valence-electron chi connectivity index (χ4n) is 2.32. The van der Waals surface area contributed by atoms with Crippen LogP contribution in [-0.4, -0.2) is 19.6 Å². The van der Waals surface area contributed by atoms with E-state index in [2.05, 4.69) is 10.6 Å². The molecule has 0 saturated carbocycles. The lowest BCUT2D eigenvalue weighted by Crippen LogP contribution is -2.27. The highest BCUT2D eigenvalue weighted by Crippen LogP contribution is 2.16. The highest BCUT2D eigenvalue weighted by molar-refractivity contribution is 5.97. The number of benzene rings is 2. The highest BCUT2D eigenvalue weighted by Gasteiger charge is 2.08. The van der Waals surface area contributed by atoms with Crippen molar-refractivity contribution in [3.8, 4) is 11.8 Å². The van der Waals surface area contributed by atoms with E-state index in [1.54, 1.807) is 7.11 Å². The number of carbonyl (C=O) groups is 1. The molecule has 128 valence electrons. The van der Waals surface area contributed by atoms with E-state index >= 15 is 0 Å². The van der Waals surface area contributed by atoms with E-state index in [0.29, 0.717) is 13.1 Å². The Labute approximate surface area is 147 Å². The van der Waals surface area contributed by atoms with Gasteiger partial charge < -0.3 is 15.4 Å². The van der Waals surface area contributed by atoms with Crippen LogP contribution in [0, 0.1) is 11.3 Å². The van der Waals surface area contributed by atoms with Gasteiger partial charge in [0, 0.05) is 24.9 Å². The average molecular weight is 335 g/mol. The van der Waals surface area contributed by atoms with Gasteiger partial charge >= 0.3 is 0 Å². The summed E-state index contributed by atoms with van der Waals surface area (Å²) in [5.41, 5.74) is 2.13. The van der Waals surface area contributed by atoms with E-state index in [0.717, 1.165) is 23.3 Å². The van der Waals surface area contributed by atoms with Crippen LogP contribution in [0.1, 0.15) is 11.1 Å². The number of methoxy groups -OCH3 is 1. The summed E-state index contributed by atoms with van der Waals surface area (Å²) in [6, 6.07) is 19.4. The largest absolute Gasteiger partial charge is 0.496 e. The molecule has 0 heterocycles. The van der Waals surface area contributed by atoms with Crippen LogP contribution in [0.2, 0.25) is 0 Å². The fourth-order valence-corrected chi connectivity index (χ4v) is 2.32. The van der Waals surface area contributed by atoms with Crippen LogP contribution in [-0.2, 0) is 17.8 Å². The number of rotatable bonds is 8. The molecule has 0 atom stereocenters. The number of ether oxygens (including phenoxy) is 1. The van der Waals surface area contributed by atoms with Crippen molar-refractivity contribution in [2.45, 2.75) is 13.0 Å². The molecule has 0 aromatic heterocycles. The van der Waals surface area contributed by atoms with Crippen LogP contribution >= 0.6 is 0 Å². The van der Waals surface area contributed by atoms with Crippen molar-refractivity contribution in [2.24, 2.45) is 0 Å². The zero-order chi connectivity index (χ0) is 17.9. The molecule has 0 fully saturated rings. The summed E-state index contributed by atoms with van der Waals surface area (Å²) in [5, 5.41) is 14.9. The first-order valence-electron chi connectivity index (χ1n) is 8.02. The second kappa shape index (κ2) is 9.78. The number of hydrogen-bond donors (Lipinski definition) is 2. The smallest absolute Gasteiger partial charge is 0.263 e. The Morgan fingerprint density at radius 2 is 1.88 bits per heavy atom. The van der Waals surface area contributed by atoms with E-state index in [1.165, 1.54) is 6.20 Å². The van der Waals surface area contributed by atoms with Crippen molar-refractivity contribution in [1.82, 2.24) is 10.6 Å². The van der Waals surface area contributed by atoms with E-state index in [4.69, 9.17) is 10.00 Å². The number of nitrogens with zero attached hydrogens (tertiary/aromatic N) is 1. The second-order valence-electron chi connectivity index (χ2n) is 5.35. The maximum atomic E-state index is 12.1. The Balaban J connectivity index is 1.84. The molecule has 0 aliphatic heterocycles. The number of carbonyl (C=O) groups excluding carboxylic acids is 1. The van der Waals surface area contributed by atoms with E-state index in [1.807, 2.05) is 60.7 Å². The summed E-state index contributed by atoms with van der Waals surface area (Å²) >= 11 is 0. The second-order valence-corrected chi connectivity index (χ2v) is 5.35. The molecule has 2 N–H and O–H groups in total. The Kier molecular flexibility index (Phi) is 7.08. The molecular weight excluding hydrogens is 314 g/mol. The molecule has 1 amide bonds. The quantitative estimate of drug-likeness (QED) is 0.574. The van der Waals surface area contributed by atoms with Crippen LogP contribution in [0.25, 0.3) is 0 Å². The molecule has 5 nitrogen and oxygen atoms in total. The molecule has 0 bridgehead atoms.